The lowest BCUT2D eigenvalue weighted by molar-refractivity contribution is 0.666. The summed E-state index contributed by atoms with van der Waals surface area (Å²) in [5.41, 5.74) is 26.0. The molecule has 0 saturated carbocycles. The summed E-state index contributed by atoms with van der Waals surface area (Å²) in [6.07, 6.45) is 0. The van der Waals surface area contributed by atoms with Gasteiger partial charge >= 0.3 is 0 Å². The number of rotatable bonds is 10. The number of hydrogen-bond donors (Lipinski definition) is 0. The number of nitrogens with zero attached hydrogens (tertiary/aromatic N) is 2. The summed E-state index contributed by atoms with van der Waals surface area (Å²) in [7, 11) is 0. The van der Waals surface area contributed by atoms with Gasteiger partial charge in [-0.25, -0.2) is 0 Å². The first-order valence-corrected chi connectivity index (χ1v) is 33.0. The Labute approximate surface area is 549 Å². The maximum atomic E-state index is 2.55. The lowest BCUT2D eigenvalue weighted by atomic mass is 9.78. The van der Waals surface area contributed by atoms with Crippen LogP contribution in [0.5, 0.6) is 0 Å². The van der Waals surface area contributed by atoms with Crippen molar-refractivity contribution in [1.82, 2.24) is 0 Å². The first-order chi connectivity index (χ1) is 46.1. The van der Waals surface area contributed by atoms with Gasteiger partial charge in [0, 0.05) is 45.0 Å². The zero-order chi connectivity index (χ0) is 62.8. The Balaban J connectivity index is 0.946. The van der Waals surface area contributed by atoms with Gasteiger partial charge < -0.3 is 9.80 Å². The Bertz CT molecular complexity index is 5670. The average Bonchev–Trinajstić information content (AvgIpc) is 1.34. The van der Waals surface area contributed by atoms with Crippen LogP contribution in [0.4, 0.5) is 34.1 Å². The molecule has 2 aliphatic rings. The van der Waals surface area contributed by atoms with Crippen LogP contribution < -0.4 is 9.80 Å². The number of benzene rings is 16. The van der Waals surface area contributed by atoms with Crippen molar-refractivity contribution in [1.29, 1.82) is 0 Å². The van der Waals surface area contributed by atoms with Crippen LogP contribution in [0.2, 0.25) is 0 Å². The molecule has 0 aromatic heterocycles. The van der Waals surface area contributed by atoms with Crippen LogP contribution in [-0.2, 0) is 10.8 Å². The van der Waals surface area contributed by atoms with Gasteiger partial charge in [-0.1, -0.05) is 264 Å². The summed E-state index contributed by atoms with van der Waals surface area (Å²) in [5, 5.41) is 12.3. The molecule has 0 N–H and O–H groups in total. The smallest absolute Gasteiger partial charge is 0.0473 e. The number of para-hydroxylation sites is 2. The fourth-order valence-corrected chi connectivity index (χ4v) is 16.3. The Kier molecular flexibility index (Phi) is 12.7. The highest BCUT2D eigenvalue weighted by Gasteiger charge is 2.39. The minimum Gasteiger partial charge on any atom is -0.310 e. The second kappa shape index (κ2) is 21.5. The van der Waals surface area contributed by atoms with E-state index >= 15 is 0 Å². The highest BCUT2D eigenvalue weighted by atomic mass is 15.1. The molecule has 444 valence electrons. The zero-order valence-electron chi connectivity index (χ0n) is 53.1. The average molecular weight is 1200 g/mol. The van der Waals surface area contributed by atoms with E-state index in [0.717, 1.165) is 45.3 Å². The molecule has 16 aromatic rings. The fraction of sp³-hybridized carbons (Fsp3) is 0.0652. The largest absolute Gasteiger partial charge is 0.310 e. The molecule has 16 aromatic carbocycles. The van der Waals surface area contributed by atoms with Crippen molar-refractivity contribution >= 4 is 88.0 Å². The van der Waals surface area contributed by atoms with Gasteiger partial charge in [0.15, 0.2) is 0 Å². The molecule has 2 heteroatoms. The van der Waals surface area contributed by atoms with Crippen molar-refractivity contribution in [2.24, 2.45) is 0 Å². The molecule has 0 atom stereocenters. The molecule has 0 saturated heterocycles. The van der Waals surface area contributed by atoms with E-state index in [-0.39, 0.29) is 10.8 Å². The van der Waals surface area contributed by atoms with Crippen molar-refractivity contribution in [3.8, 4) is 66.8 Å². The predicted octanol–water partition coefficient (Wildman–Crippen LogP) is 25.7. The maximum Gasteiger partial charge on any atom is 0.0473 e. The van der Waals surface area contributed by atoms with Crippen LogP contribution in [0, 0.1) is 0 Å². The molecule has 2 nitrogen and oxygen atoms in total. The van der Waals surface area contributed by atoms with Gasteiger partial charge in [-0.2, -0.15) is 0 Å². The lowest BCUT2D eigenvalue weighted by Gasteiger charge is -2.29. The molecule has 0 spiro atoms. The van der Waals surface area contributed by atoms with Crippen molar-refractivity contribution in [2.45, 2.75) is 38.5 Å². The van der Waals surface area contributed by atoms with Crippen LogP contribution in [0.3, 0.4) is 0 Å². The topological polar surface area (TPSA) is 6.48 Å². The fourth-order valence-electron chi connectivity index (χ4n) is 16.3. The van der Waals surface area contributed by atoms with Gasteiger partial charge in [-0.15, -0.1) is 0 Å². The van der Waals surface area contributed by atoms with Crippen LogP contribution in [0.15, 0.2) is 328 Å². The highest BCUT2D eigenvalue weighted by molar-refractivity contribution is 6.23. The summed E-state index contributed by atoms with van der Waals surface area (Å²) in [6.45, 7) is 9.74. The van der Waals surface area contributed by atoms with Crippen LogP contribution in [0.1, 0.15) is 49.9 Å². The molecule has 2 aliphatic carbocycles. The molecule has 0 fully saturated rings. The summed E-state index contributed by atoms with van der Waals surface area (Å²) >= 11 is 0. The molecule has 94 heavy (non-hydrogen) atoms. The Hall–Kier alpha value is -11.6. The number of anilines is 6. The van der Waals surface area contributed by atoms with E-state index in [9.17, 15) is 0 Å². The molecule has 18 rings (SSSR count). The van der Waals surface area contributed by atoms with Crippen LogP contribution in [-0.4, -0.2) is 0 Å². The second-order valence-corrected chi connectivity index (χ2v) is 26.8. The molecular weight excluding hydrogens is 1130 g/mol. The standard InChI is InChI=1S/C92H66N2/c1-91(2)85-55-65(40-45-77(85)81-47-38-62-28-19-21-35-75(62)89(81)91)87-80-50-44-73(94(70-33-15-8-16-34-70)74-53-67(59-23-9-5-10-24-59)51-68(54-74)60-25-11-6-12-26-60)58-84(80)88(66-41-46-78-82-48-39-63-29-20-22-36-76(63)90(82)92(3,4)86(78)56-66)79-49-43-72(57-83(79)87)93(69-31-13-7-14-32-69)71-42-37-61-27-17-18-30-64(61)52-71/h5-58H,1-4H3. The molecule has 0 radical (unpaired) electrons. The van der Waals surface area contributed by atoms with E-state index < -0.39 is 0 Å². The second-order valence-electron chi connectivity index (χ2n) is 26.8. The molecule has 0 aliphatic heterocycles. The monoisotopic (exact) mass is 1200 g/mol. The zero-order valence-corrected chi connectivity index (χ0v) is 53.1. The van der Waals surface area contributed by atoms with Crippen molar-refractivity contribution in [3.63, 3.8) is 0 Å². The maximum absolute atomic E-state index is 2.55. The van der Waals surface area contributed by atoms with Gasteiger partial charge in [0.25, 0.3) is 0 Å². The van der Waals surface area contributed by atoms with E-state index in [1.54, 1.807) is 0 Å². The third-order valence-corrected chi connectivity index (χ3v) is 20.7. The Morgan fingerprint density at radius 3 is 1.05 bits per heavy atom. The van der Waals surface area contributed by atoms with Crippen molar-refractivity contribution in [3.05, 3.63) is 350 Å². The quantitative estimate of drug-likeness (QED) is 0.126. The van der Waals surface area contributed by atoms with Crippen LogP contribution in [0.25, 0.3) is 121 Å². The summed E-state index contributed by atoms with van der Waals surface area (Å²) in [4.78, 5) is 4.92. The summed E-state index contributed by atoms with van der Waals surface area (Å²) < 4.78 is 0. The number of hydrogen-bond acceptors (Lipinski definition) is 2. The molecule has 0 unspecified atom stereocenters. The van der Waals surface area contributed by atoms with Crippen molar-refractivity contribution < 1.29 is 0 Å². The van der Waals surface area contributed by atoms with E-state index in [0.29, 0.717) is 0 Å². The SMILES string of the molecule is CC1(C)c2cc(-c3c4ccc(N(c5ccccc5)c5ccc6ccccc6c5)cc4c(-c4ccc5c(c4)C(C)(C)c4c-5ccc5ccccc45)c4ccc(N(c5ccccc5)c5cc(-c6ccccc6)cc(-c6ccccc6)c5)cc34)ccc2-c2ccc3ccccc3c21. The first-order valence-electron chi connectivity index (χ1n) is 33.0. The third-order valence-electron chi connectivity index (χ3n) is 20.7. The molecule has 0 amide bonds. The van der Waals surface area contributed by atoms with Crippen molar-refractivity contribution in [2.75, 3.05) is 9.80 Å². The van der Waals surface area contributed by atoms with Gasteiger partial charge in [0.05, 0.1) is 0 Å². The van der Waals surface area contributed by atoms with E-state index in [2.05, 4.69) is 365 Å². The third kappa shape index (κ3) is 8.78. The van der Waals surface area contributed by atoms with Gasteiger partial charge in [0.2, 0.25) is 0 Å². The first kappa shape index (κ1) is 55.3. The Morgan fingerprint density at radius 2 is 0.574 bits per heavy atom. The molecule has 0 heterocycles. The predicted molar refractivity (Wildman–Crippen MR) is 400 cm³/mol. The Morgan fingerprint density at radius 1 is 0.202 bits per heavy atom. The number of fused-ring (bicyclic) bond motifs is 13. The normalized spacial score (nSPS) is 13.3. The summed E-state index contributed by atoms with van der Waals surface area (Å²) in [5.74, 6) is 0. The lowest BCUT2D eigenvalue weighted by Crippen LogP contribution is -2.15. The summed E-state index contributed by atoms with van der Waals surface area (Å²) in [6, 6.07) is 123. The van der Waals surface area contributed by atoms with Crippen LogP contribution >= 0.6 is 0 Å². The van der Waals surface area contributed by atoms with E-state index in [4.69, 9.17) is 0 Å². The van der Waals surface area contributed by atoms with E-state index in [1.807, 2.05) is 0 Å². The highest BCUT2D eigenvalue weighted by Crippen LogP contribution is 2.57. The minimum absolute atomic E-state index is 0.283. The minimum atomic E-state index is -0.286. The van der Waals surface area contributed by atoms with Gasteiger partial charge in [-0.3, -0.25) is 0 Å². The van der Waals surface area contributed by atoms with Gasteiger partial charge in [-0.05, 0) is 234 Å². The molecule has 0 bridgehead atoms. The van der Waals surface area contributed by atoms with E-state index in [1.165, 1.54) is 132 Å². The van der Waals surface area contributed by atoms with Gasteiger partial charge in [0.1, 0.15) is 0 Å². The molecular formula is C92H66N2.